The number of imidazole rings is 1. The molecule has 3 heterocycles. The van der Waals surface area contributed by atoms with Crippen molar-refractivity contribution in [2.45, 2.75) is 6.92 Å². The van der Waals surface area contributed by atoms with Crippen LogP contribution in [-0.4, -0.2) is 63.4 Å². The molecule has 0 atom stereocenters. The number of carbonyl (C=O) groups is 1. The first-order valence-corrected chi connectivity index (χ1v) is 11.7. The molecule has 2 aromatic heterocycles. The Kier molecular flexibility index (Phi) is 6.04. The molecule has 4 N–H and O–H groups in total. The Morgan fingerprint density at radius 3 is 2.71 bits per heavy atom. The fourth-order valence-electron chi connectivity index (χ4n) is 4.38. The van der Waals surface area contributed by atoms with Crippen molar-refractivity contribution >= 4 is 39.8 Å². The number of aromatic amines is 1. The quantitative estimate of drug-likeness (QED) is 0.298. The number of carbonyl (C=O) groups excluding carboxylic acids is 1. The lowest BCUT2D eigenvalue weighted by molar-refractivity contribution is 0.101. The van der Waals surface area contributed by atoms with Gasteiger partial charge in [-0.1, -0.05) is 23.7 Å². The number of aryl methyl sites for hydroxylation is 1. The number of halogens is 1. The van der Waals surface area contributed by atoms with Gasteiger partial charge >= 0.3 is 0 Å². The van der Waals surface area contributed by atoms with Crippen LogP contribution in [0.2, 0.25) is 5.02 Å². The van der Waals surface area contributed by atoms with E-state index in [0.29, 0.717) is 29.6 Å². The molecular formula is C25H26ClN5O4. The number of fused-ring (bicyclic) bond motifs is 1. The van der Waals surface area contributed by atoms with E-state index in [9.17, 15) is 15.0 Å². The summed E-state index contributed by atoms with van der Waals surface area (Å²) in [5.74, 6) is -0.210. The molecule has 0 amide bonds. The molecule has 1 saturated heterocycles. The summed E-state index contributed by atoms with van der Waals surface area (Å²) in [5, 5.41) is 24.9. The molecule has 4 aromatic rings. The number of ketones is 1. The molecule has 10 heteroatoms. The number of aromatic nitrogens is 3. The van der Waals surface area contributed by atoms with Crippen molar-refractivity contribution in [1.82, 2.24) is 14.5 Å². The molecule has 182 valence electrons. The second-order valence-electron chi connectivity index (χ2n) is 8.59. The molecule has 1 aliphatic rings. The zero-order valence-corrected chi connectivity index (χ0v) is 20.2. The number of anilines is 2. The summed E-state index contributed by atoms with van der Waals surface area (Å²) in [7, 11) is 1.53. The molecule has 0 bridgehead atoms. The van der Waals surface area contributed by atoms with Gasteiger partial charge in [0.1, 0.15) is 17.1 Å². The first kappa shape index (κ1) is 23.1. The number of aromatic hydroxyl groups is 2. The number of benzene rings is 2. The van der Waals surface area contributed by atoms with E-state index in [1.165, 1.54) is 11.6 Å². The third kappa shape index (κ3) is 4.28. The van der Waals surface area contributed by atoms with Gasteiger partial charge in [-0.3, -0.25) is 9.36 Å². The van der Waals surface area contributed by atoms with Crippen molar-refractivity contribution in [3.05, 3.63) is 52.5 Å². The standard InChI is InChI=1S/C25H26ClN5O4/c1-14-10-17(31-6-8-35-9-7-31)12-18-21(14)29-23(28-18)20-22(25(34)30(2)24(20)33)27-13-19(32)15-4-3-5-16(26)11-15/h3-5,10-12,27,33-34H,6-9,13H2,1-2H3,(H,28,29). The lowest BCUT2D eigenvalue weighted by atomic mass is 10.1. The van der Waals surface area contributed by atoms with Crippen LogP contribution in [0.25, 0.3) is 22.4 Å². The lowest BCUT2D eigenvalue weighted by Crippen LogP contribution is -2.36. The fourth-order valence-corrected chi connectivity index (χ4v) is 4.57. The average molecular weight is 496 g/mol. The Morgan fingerprint density at radius 2 is 1.97 bits per heavy atom. The van der Waals surface area contributed by atoms with Gasteiger partial charge in [0.15, 0.2) is 5.78 Å². The van der Waals surface area contributed by atoms with Crippen molar-refractivity contribution in [3.63, 3.8) is 0 Å². The van der Waals surface area contributed by atoms with E-state index in [2.05, 4.69) is 21.3 Å². The highest BCUT2D eigenvalue weighted by Crippen LogP contribution is 2.44. The van der Waals surface area contributed by atoms with E-state index >= 15 is 0 Å². The van der Waals surface area contributed by atoms with Crippen LogP contribution in [0, 0.1) is 6.92 Å². The lowest BCUT2D eigenvalue weighted by Gasteiger charge is -2.29. The van der Waals surface area contributed by atoms with Crippen LogP contribution in [-0.2, 0) is 11.8 Å². The minimum atomic E-state index is -0.211. The summed E-state index contributed by atoms with van der Waals surface area (Å²) in [4.78, 5) is 22.9. The number of nitrogens with one attached hydrogen (secondary N) is 2. The Balaban J connectivity index is 1.49. The SMILES string of the molecule is Cc1cc(N2CCOCC2)cc2[nH]c(-c3c(NCC(=O)c4cccc(Cl)c4)c(O)n(C)c3O)nc12. The van der Waals surface area contributed by atoms with Crippen LogP contribution in [0.15, 0.2) is 36.4 Å². The van der Waals surface area contributed by atoms with Gasteiger partial charge in [0.25, 0.3) is 0 Å². The maximum atomic E-state index is 12.7. The van der Waals surface area contributed by atoms with Crippen LogP contribution in [0.4, 0.5) is 11.4 Å². The maximum Gasteiger partial charge on any atom is 0.218 e. The van der Waals surface area contributed by atoms with Crippen LogP contribution >= 0.6 is 11.6 Å². The number of Topliss-reactive ketones (excluding diaryl/α,β-unsaturated/α-hetero) is 1. The van der Waals surface area contributed by atoms with Crippen LogP contribution < -0.4 is 10.2 Å². The Labute approximate surface area is 206 Å². The van der Waals surface area contributed by atoms with Crippen LogP contribution in [0.5, 0.6) is 11.8 Å². The molecule has 0 spiro atoms. The number of nitrogens with zero attached hydrogens (tertiary/aromatic N) is 3. The van der Waals surface area contributed by atoms with Gasteiger partial charge < -0.3 is 30.2 Å². The van der Waals surface area contributed by atoms with Crippen molar-refractivity contribution in [2.24, 2.45) is 7.05 Å². The zero-order chi connectivity index (χ0) is 24.7. The summed E-state index contributed by atoms with van der Waals surface area (Å²) in [6.07, 6.45) is 0. The predicted octanol–water partition coefficient (Wildman–Crippen LogP) is 4.07. The largest absolute Gasteiger partial charge is 0.494 e. The van der Waals surface area contributed by atoms with Gasteiger partial charge in [-0.15, -0.1) is 0 Å². The highest BCUT2D eigenvalue weighted by Gasteiger charge is 2.26. The molecule has 9 nitrogen and oxygen atoms in total. The average Bonchev–Trinajstić information content (AvgIpc) is 3.38. The number of morpholine rings is 1. The molecule has 35 heavy (non-hydrogen) atoms. The molecule has 2 aromatic carbocycles. The van der Waals surface area contributed by atoms with Gasteiger partial charge in [0, 0.05) is 36.4 Å². The summed E-state index contributed by atoms with van der Waals surface area (Å²) in [5.41, 5.74) is 4.57. The molecule has 0 unspecified atom stereocenters. The maximum absolute atomic E-state index is 12.7. The summed E-state index contributed by atoms with van der Waals surface area (Å²) in [6, 6.07) is 10.8. The molecule has 0 radical (unpaired) electrons. The van der Waals surface area contributed by atoms with E-state index in [4.69, 9.17) is 21.3 Å². The number of H-pyrrole nitrogens is 1. The minimum Gasteiger partial charge on any atom is -0.494 e. The smallest absolute Gasteiger partial charge is 0.218 e. The molecular weight excluding hydrogens is 470 g/mol. The van der Waals surface area contributed by atoms with Crippen molar-refractivity contribution in [2.75, 3.05) is 43.1 Å². The monoisotopic (exact) mass is 495 g/mol. The predicted molar refractivity (Wildman–Crippen MR) is 136 cm³/mol. The van der Waals surface area contributed by atoms with E-state index in [0.717, 1.165) is 35.4 Å². The minimum absolute atomic E-state index is 0.106. The molecule has 1 aliphatic heterocycles. The summed E-state index contributed by atoms with van der Waals surface area (Å²) >= 11 is 6.00. The zero-order valence-electron chi connectivity index (χ0n) is 19.4. The van der Waals surface area contributed by atoms with Crippen molar-refractivity contribution < 1.29 is 19.7 Å². The van der Waals surface area contributed by atoms with Gasteiger partial charge in [-0.25, -0.2) is 4.98 Å². The summed E-state index contributed by atoms with van der Waals surface area (Å²) < 4.78 is 6.70. The van der Waals surface area contributed by atoms with Crippen LogP contribution in [0.3, 0.4) is 0 Å². The van der Waals surface area contributed by atoms with E-state index in [-0.39, 0.29) is 35.3 Å². The molecule has 0 saturated carbocycles. The molecule has 1 fully saturated rings. The van der Waals surface area contributed by atoms with Gasteiger partial charge in [0.05, 0.1) is 30.8 Å². The fraction of sp³-hybridized carbons (Fsp3) is 0.280. The van der Waals surface area contributed by atoms with Crippen molar-refractivity contribution in [1.29, 1.82) is 0 Å². The molecule has 5 rings (SSSR count). The number of hydrogen-bond acceptors (Lipinski definition) is 7. The molecule has 0 aliphatic carbocycles. The normalized spacial score (nSPS) is 14.0. The second-order valence-corrected chi connectivity index (χ2v) is 9.02. The Hall–Kier alpha value is -3.69. The van der Waals surface area contributed by atoms with Gasteiger partial charge in [-0.05, 0) is 36.8 Å². The first-order chi connectivity index (χ1) is 16.8. The number of rotatable bonds is 6. The first-order valence-electron chi connectivity index (χ1n) is 11.3. The topological polar surface area (TPSA) is 116 Å². The second kappa shape index (κ2) is 9.16. The van der Waals surface area contributed by atoms with E-state index in [1.54, 1.807) is 24.3 Å². The highest BCUT2D eigenvalue weighted by molar-refractivity contribution is 6.31. The number of ether oxygens (including phenoxy) is 1. The van der Waals surface area contributed by atoms with E-state index < -0.39 is 0 Å². The van der Waals surface area contributed by atoms with E-state index in [1.807, 2.05) is 13.0 Å². The summed E-state index contributed by atoms with van der Waals surface area (Å²) in [6.45, 7) is 4.88. The third-order valence-electron chi connectivity index (χ3n) is 6.28. The Bertz CT molecular complexity index is 1420. The Morgan fingerprint density at radius 1 is 1.20 bits per heavy atom. The van der Waals surface area contributed by atoms with Gasteiger partial charge in [0.2, 0.25) is 11.8 Å². The number of hydrogen-bond donors (Lipinski definition) is 4. The highest BCUT2D eigenvalue weighted by atomic mass is 35.5. The van der Waals surface area contributed by atoms with Gasteiger partial charge in [-0.2, -0.15) is 0 Å². The van der Waals surface area contributed by atoms with Crippen LogP contribution in [0.1, 0.15) is 15.9 Å². The third-order valence-corrected chi connectivity index (χ3v) is 6.52. The van der Waals surface area contributed by atoms with Crippen molar-refractivity contribution in [3.8, 4) is 23.1 Å².